The highest BCUT2D eigenvalue weighted by Gasteiger charge is 2.16. The Labute approximate surface area is 163 Å². The number of fused-ring (bicyclic) bond motifs is 1. The number of H-pyrrole nitrogens is 1. The van der Waals surface area contributed by atoms with E-state index in [0.717, 1.165) is 45.0 Å². The van der Waals surface area contributed by atoms with Gasteiger partial charge in [-0.05, 0) is 29.6 Å². The van der Waals surface area contributed by atoms with Crippen LogP contribution >= 0.6 is 23.1 Å². The number of rotatable bonds is 4. The molecule has 0 saturated heterocycles. The van der Waals surface area contributed by atoms with E-state index in [1.54, 1.807) is 29.2 Å². The first kappa shape index (κ1) is 16.3. The Kier molecular flexibility index (Phi) is 4.06. The van der Waals surface area contributed by atoms with E-state index in [2.05, 4.69) is 31.3 Å². The van der Waals surface area contributed by atoms with Gasteiger partial charge < -0.3 is 9.88 Å². The van der Waals surface area contributed by atoms with E-state index < -0.39 is 0 Å². The monoisotopic (exact) mass is 393 g/mol. The molecule has 0 saturated carbocycles. The van der Waals surface area contributed by atoms with Crippen LogP contribution in [0, 0.1) is 0 Å². The summed E-state index contributed by atoms with van der Waals surface area (Å²) < 4.78 is 2.18. The van der Waals surface area contributed by atoms with Crippen molar-refractivity contribution in [1.82, 2.24) is 19.7 Å². The molecule has 134 valence electrons. The molecular formula is C19H15N5OS2. The third-order valence-electron chi connectivity index (χ3n) is 4.34. The number of amides is 1. The summed E-state index contributed by atoms with van der Waals surface area (Å²) in [7, 11) is 0. The molecule has 0 fully saturated rings. The molecule has 8 heteroatoms. The molecule has 0 radical (unpaired) electrons. The number of thioether (sulfide) groups is 1. The van der Waals surface area contributed by atoms with Crippen molar-refractivity contribution in [3.8, 4) is 21.8 Å². The Hall–Kier alpha value is -2.84. The standard InChI is InChI=1S/C19H15N5OS2/c25-18(15-10-14(22-23-15)17-2-1-8-26-17)20-13-5-3-12(4-6-13)16-11-24-7-9-27-19(24)21-16/h1-6,8,10-11H,7,9H2,(H,20,25)(H,22,23). The lowest BCUT2D eigenvalue weighted by molar-refractivity contribution is 0.102. The molecule has 0 aliphatic carbocycles. The van der Waals surface area contributed by atoms with Crippen LogP contribution in [0.1, 0.15) is 10.5 Å². The molecule has 1 aromatic carbocycles. The van der Waals surface area contributed by atoms with Gasteiger partial charge >= 0.3 is 0 Å². The fourth-order valence-electron chi connectivity index (χ4n) is 2.96. The number of carbonyl (C=O) groups excluding carboxylic acids is 1. The fourth-order valence-corrected chi connectivity index (χ4v) is 4.60. The summed E-state index contributed by atoms with van der Waals surface area (Å²) in [5.41, 5.74) is 3.94. The maximum Gasteiger partial charge on any atom is 0.276 e. The first-order valence-corrected chi connectivity index (χ1v) is 10.3. The second kappa shape index (κ2) is 6.71. The van der Waals surface area contributed by atoms with Crippen molar-refractivity contribution in [1.29, 1.82) is 0 Å². The van der Waals surface area contributed by atoms with E-state index in [1.165, 1.54) is 0 Å². The normalized spacial score (nSPS) is 12.9. The zero-order valence-corrected chi connectivity index (χ0v) is 15.8. The molecule has 0 atom stereocenters. The van der Waals surface area contributed by atoms with Gasteiger partial charge in [0, 0.05) is 29.7 Å². The minimum atomic E-state index is -0.237. The number of hydrogen-bond donors (Lipinski definition) is 2. The fraction of sp³-hybridized carbons (Fsp3) is 0.105. The Morgan fingerprint density at radius 2 is 2.11 bits per heavy atom. The summed E-state index contributed by atoms with van der Waals surface area (Å²) in [5, 5.41) is 13.0. The lowest BCUT2D eigenvalue weighted by Crippen LogP contribution is -2.12. The minimum Gasteiger partial charge on any atom is -0.325 e. The molecule has 5 rings (SSSR count). The SMILES string of the molecule is O=C(Nc1ccc(-c2cn3c(n2)SCC3)cc1)c1cc(-c2cccs2)[nH]n1. The highest BCUT2D eigenvalue weighted by atomic mass is 32.2. The predicted molar refractivity (Wildman–Crippen MR) is 108 cm³/mol. The Bertz CT molecular complexity index is 1070. The van der Waals surface area contributed by atoms with Gasteiger partial charge in [-0.2, -0.15) is 5.10 Å². The highest BCUT2D eigenvalue weighted by molar-refractivity contribution is 7.99. The topological polar surface area (TPSA) is 75.6 Å². The van der Waals surface area contributed by atoms with Crippen LogP contribution in [-0.4, -0.2) is 31.4 Å². The molecule has 4 heterocycles. The van der Waals surface area contributed by atoms with E-state index in [4.69, 9.17) is 0 Å². The smallest absolute Gasteiger partial charge is 0.276 e. The van der Waals surface area contributed by atoms with Gasteiger partial charge in [0.1, 0.15) is 0 Å². The van der Waals surface area contributed by atoms with Crippen molar-refractivity contribution >= 4 is 34.7 Å². The molecule has 27 heavy (non-hydrogen) atoms. The summed E-state index contributed by atoms with van der Waals surface area (Å²) in [6.45, 7) is 1.01. The lowest BCUT2D eigenvalue weighted by atomic mass is 10.1. The maximum atomic E-state index is 12.4. The molecule has 0 spiro atoms. The highest BCUT2D eigenvalue weighted by Crippen LogP contribution is 2.29. The zero-order valence-electron chi connectivity index (χ0n) is 14.2. The number of nitrogens with zero attached hydrogens (tertiary/aromatic N) is 3. The first-order valence-electron chi connectivity index (χ1n) is 8.47. The van der Waals surface area contributed by atoms with Gasteiger partial charge in [-0.25, -0.2) is 4.98 Å². The second-order valence-electron chi connectivity index (χ2n) is 6.13. The van der Waals surface area contributed by atoms with Crippen molar-refractivity contribution in [2.24, 2.45) is 0 Å². The molecule has 2 N–H and O–H groups in total. The van der Waals surface area contributed by atoms with Crippen LogP contribution in [0.25, 0.3) is 21.8 Å². The van der Waals surface area contributed by atoms with Gasteiger partial charge in [0.05, 0.1) is 16.3 Å². The van der Waals surface area contributed by atoms with Gasteiger partial charge in [0.25, 0.3) is 5.91 Å². The number of aromatic nitrogens is 4. The van der Waals surface area contributed by atoms with Gasteiger partial charge in [-0.3, -0.25) is 9.89 Å². The van der Waals surface area contributed by atoms with Crippen LogP contribution in [-0.2, 0) is 6.54 Å². The quantitative estimate of drug-likeness (QED) is 0.540. The van der Waals surface area contributed by atoms with Crippen molar-refractivity contribution in [3.63, 3.8) is 0 Å². The Morgan fingerprint density at radius 3 is 2.89 bits per heavy atom. The molecule has 3 aromatic heterocycles. The molecule has 0 bridgehead atoms. The third-order valence-corrected chi connectivity index (χ3v) is 6.21. The van der Waals surface area contributed by atoms with E-state index in [0.29, 0.717) is 5.69 Å². The Morgan fingerprint density at radius 1 is 1.22 bits per heavy atom. The zero-order chi connectivity index (χ0) is 18.2. The van der Waals surface area contributed by atoms with E-state index >= 15 is 0 Å². The van der Waals surface area contributed by atoms with Crippen LogP contribution in [0.15, 0.2) is 59.2 Å². The van der Waals surface area contributed by atoms with Crippen LogP contribution in [0.4, 0.5) is 5.69 Å². The van der Waals surface area contributed by atoms with E-state index in [9.17, 15) is 4.79 Å². The number of aromatic amines is 1. The van der Waals surface area contributed by atoms with Gasteiger partial charge in [-0.15, -0.1) is 11.3 Å². The molecule has 1 amide bonds. The summed E-state index contributed by atoms with van der Waals surface area (Å²) in [4.78, 5) is 18.1. The van der Waals surface area contributed by atoms with Gasteiger partial charge in [0.2, 0.25) is 0 Å². The number of benzene rings is 1. The number of nitrogens with one attached hydrogen (secondary N) is 2. The lowest BCUT2D eigenvalue weighted by Gasteiger charge is -2.04. The number of imidazole rings is 1. The molecule has 1 aliphatic heterocycles. The average Bonchev–Trinajstić information content (AvgIpc) is 3.45. The molecular weight excluding hydrogens is 378 g/mol. The second-order valence-corrected chi connectivity index (χ2v) is 8.14. The van der Waals surface area contributed by atoms with Gasteiger partial charge in [-0.1, -0.05) is 30.0 Å². The molecule has 6 nitrogen and oxygen atoms in total. The predicted octanol–water partition coefficient (Wildman–Crippen LogP) is 4.36. The van der Waals surface area contributed by atoms with Crippen LogP contribution in [0.3, 0.4) is 0 Å². The minimum absolute atomic E-state index is 0.237. The number of thiophene rings is 1. The summed E-state index contributed by atoms with van der Waals surface area (Å²) >= 11 is 3.38. The van der Waals surface area contributed by atoms with Crippen LogP contribution in [0.5, 0.6) is 0 Å². The third kappa shape index (κ3) is 3.17. The van der Waals surface area contributed by atoms with Crippen molar-refractivity contribution in [2.45, 2.75) is 11.7 Å². The van der Waals surface area contributed by atoms with E-state index in [-0.39, 0.29) is 5.91 Å². The van der Waals surface area contributed by atoms with Gasteiger partial charge in [0.15, 0.2) is 10.9 Å². The molecule has 1 aliphatic rings. The molecule has 4 aromatic rings. The first-order chi connectivity index (χ1) is 13.3. The largest absolute Gasteiger partial charge is 0.325 e. The summed E-state index contributed by atoms with van der Waals surface area (Å²) in [6.07, 6.45) is 2.08. The summed E-state index contributed by atoms with van der Waals surface area (Å²) in [6, 6.07) is 13.4. The molecule has 0 unspecified atom stereocenters. The van der Waals surface area contributed by atoms with Crippen molar-refractivity contribution in [3.05, 3.63) is 59.7 Å². The van der Waals surface area contributed by atoms with Crippen molar-refractivity contribution < 1.29 is 4.79 Å². The van der Waals surface area contributed by atoms with Crippen LogP contribution in [0.2, 0.25) is 0 Å². The number of anilines is 1. The average molecular weight is 393 g/mol. The number of hydrogen-bond acceptors (Lipinski definition) is 5. The van der Waals surface area contributed by atoms with Crippen molar-refractivity contribution in [2.75, 3.05) is 11.1 Å². The van der Waals surface area contributed by atoms with E-state index in [1.807, 2.05) is 41.8 Å². The Balaban J connectivity index is 1.30. The number of carbonyl (C=O) groups is 1. The van der Waals surface area contributed by atoms with Crippen LogP contribution < -0.4 is 5.32 Å². The number of aryl methyl sites for hydroxylation is 1. The maximum absolute atomic E-state index is 12.4. The summed E-state index contributed by atoms with van der Waals surface area (Å²) in [5.74, 6) is 0.855.